The number of unbranched alkanes of at least 4 members (excludes halogenated alkanes) is 3. The molecule has 8 nitrogen and oxygen atoms in total. The van der Waals surface area contributed by atoms with Gasteiger partial charge in [0.25, 0.3) is 0 Å². The van der Waals surface area contributed by atoms with E-state index in [1.165, 1.54) is 0 Å². The average Bonchev–Trinajstić information content (AvgIpc) is 3.69. The zero-order valence-corrected chi connectivity index (χ0v) is 27.8. The number of nitrogens with zero attached hydrogens (tertiary/aromatic N) is 2. The summed E-state index contributed by atoms with van der Waals surface area (Å²) in [6.45, 7) is 16.0. The van der Waals surface area contributed by atoms with Crippen molar-refractivity contribution in [1.29, 1.82) is 0 Å². The highest BCUT2D eigenvalue weighted by atomic mass is 16.5. The molecule has 244 valence electrons. The van der Waals surface area contributed by atoms with Crippen LogP contribution in [-0.4, -0.2) is 43.3 Å². The van der Waals surface area contributed by atoms with Crippen molar-refractivity contribution in [2.24, 2.45) is 0 Å². The molecular formula is C36H54N2O6. The van der Waals surface area contributed by atoms with Crippen molar-refractivity contribution in [3.8, 4) is 11.5 Å². The lowest BCUT2D eigenvalue weighted by Gasteiger charge is -2.06. The molecule has 8 heteroatoms. The first-order valence-electron chi connectivity index (χ1n) is 16.0. The SMILES string of the molecule is CC.CC.Cc1cc(CCOCCCCOc2ccccc2)no1.Cc1cc(COCCCCCOc2ccccc2)no1. The van der Waals surface area contributed by atoms with Gasteiger partial charge in [-0.3, -0.25) is 0 Å². The number of aryl methyl sites for hydroxylation is 2. The Bertz CT molecular complexity index is 1060. The van der Waals surface area contributed by atoms with E-state index in [1.807, 2.05) is 114 Å². The number of para-hydroxylation sites is 2. The fraction of sp³-hybridized carbons (Fsp3) is 0.500. The van der Waals surface area contributed by atoms with Crippen molar-refractivity contribution in [1.82, 2.24) is 10.3 Å². The molecule has 0 unspecified atom stereocenters. The molecule has 2 aromatic carbocycles. The van der Waals surface area contributed by atoms with E-state index in [1.54, 1.807) is 0 Å². The van der Waals surface area contributed by atoms with Crippen LogP contribution in [-0.2, 0) is 22.5 Å². The smallest absolute Gasteiger partial charge is 0.134 e. The van der Waals surface area contributed by atoms with E-state index in [9.17, 15) is 0 Å². The van der Waals surface area contributed by atoms with Gasteiger partial charge in [-0.1, -0.05) is 74.4 Å². The minimum atomic E-state index is 0.526. The van der Waals surface area contributed by atoms with Crippen LogP contribution in [0.4, 0.5) is 0 Å². The molecule has 4 aromatic rings. The van der Waals surface area contributed by atoms with Crippen LogP contribution in [0.3, 0.4) is 0 Å². The lowest BCUT2D eigenvalue weighted by Crippen LogP contribution is -2.03. The predicted octanol–water partition coefficient (Wildman–Crippen LogP) is 9.20. The van der Waals surface area contributed by atoms with E-state index in [0.29, 0.717) is 13.2 Å². The topological polar surface area (TPSA) is 89.0 Å². The monoisotopic (exact) mass is 610 g/mol. The summed E-state index contributed by atoms with van der Waals surface area (Å²) >= 11 is 0. The van der Waals surface area contributed by atoms with Crippen LogP contribution in [0, 0.1) is 13.8 Å². The molecule has 2 heterocycles. The molecule has 0 N–H and O–H groups in total. The van der Waals surface area contributed by atoms with Gasteiger partial charge >= 0.3 is 0 Å². The first kappa shape index (κ1) is 38.4. The van der Waals surface area contributed by atoms with E-state index >= 15 is 0 Å². The molecule has 44 heavy (non-hydrogen) atoms. The average molecular weight is 611 g/mol. The third-order valence-electron chi connectivity index (χ3n) is 5.75. The van der Waals surface area contributed by atoms with Crippen LogP contribution in [0.1, 0.15) is 82.7 Å². The molecule has 0 radical (unpaired) electrons. The highest BCUT2D eigenvalue weighted by molar-refractivity contribution is 5.21. The first-order chi connectivity index (χ1) is 21.7. The summed E-state index contributed by atoms with van der Waals surface area (Å²) < 4.78 is 32.3. The molecular weight excluding hydrogens is 556 g/mol. The van der Waals surface area contributed by atoms with Gasteiger partial charge in [0.05, 0.1) is 32.1 Å². The molecule has 0 amide bonds. The van der Waals surface area contributed by atoms with Gasteiger partial charge in [0.2, 0.25) is 0 Å². The Labute approximate surface area is 265 Å². The van der Waals surface area contributed by atoms with Gasteiger partial charge in [-0.2, -0.15) is 0 Å². The van der Waals surface area contributed by atoms with Gasteiger partial charge in [0.1, 0.15) is 28.7 Å². The van der Waals surface area contributed by atoms with Crippen molar-refractivity contribution in [3.63, 3.8) is 0 Å². The summed E-state index contributed by atoms with van der Waals surface area (Å²) in [4.78, 5) is 0. The number of benzene rings is 2. The molecule has 0 aliphatic heterocycles. The van der Waals surface area contributed by atoms with Crippen molar-refractivity contribution in [2.75, 3.05) is 33.0 Å². The quantitative estimate of drug-likeness (QED) is 0.103. The van der Waals surface area contributed by atoms with Crippen LogP contribution in [0.2, 0.25) is 0 Å². The summed E-state index contributed by atoms with van der Waals surface area (Å²) in [5.41, 5.74) is 1.81. The van der Waals surface area contributed by atoms with E-state index in [4.69, 9.17) is 28.0 Å². The Kier molecular flexibility index (Phi) is 23.5. The number of rotatable bonds is 18. The van der Waals surface area contributed by atoms with Crippen molar-refractivity contribution in [3.05, 3.63) is 95.7 Å². The largest absolute Gasteiger partial charge is 0.494 e. The minimum Gasteiger partial charge on any atom is -0.494 e. The van der Waals surface area contributed by atoms with Crippen LogP contribution < -0.4 is 9.47 Å². The van der Waals surface area contributed by atoms with Crippen LogP contribution in [0.25, 0.3) is 0 Å². The highest BCUT2D eigenvalue weighted by Crippen LogP contribution is 2.10. The van der Waals surface area contributed by atoms with Crippen LogP contribution >= 0.6 is 0 Å². The maximum Gasteiger partial charge on any atom is 0.134 e. The summed E-state index contributed by atoms with van der Waals surface area (Å²) in [6.07, 6.45) is 5.99. The third kappa shape index (κ3) is 19.5. The Morgan fingerprint density at radius 2 is 0.977 bits per heavy atom. The number of aromatic nitrogens is 2. The predicted molar refractivity (Wildman–Crippen MR) is 176 cm³/mol. The summed E-state index contributed by atoms with van der Waals surface area (Å²) in [5, 5.41) is 7.80. The second-order valence-corrected chi connectivity index (χ2v) is 9.36. The summed E-state index contributed by atoms with van der Waals surface area (Å²) in [7, 11) is 0. The summed E-state index contributed by atoms with van der Waals surface area (Å²) in [5.74, 6) is 3.53. The zero-order valence-electron chi connectivity index (χ0n) is 27.8. The Hall–Kier alpha value is -3.62. The van der Waals surface area contributed by atoms with Gasteiger partial charge in [-0.05, 0) is 70.2 Å². The maximum atomic E-state index is 5.62. The standard InChI is InChI=1S/2C16H21NO3.2C2H6/c1-14-12-15(17-20-14)13-18-10-6-3-7-11-19-16-8-4-2-5-9-16;1-14-13-15(17-20-14)9-12-18-10-5-6-11-19-16-7-3-2-4-8-16;2*1-2/h2,4-5,8-9,12H,3,6-7,10-11,13H2,1H3;2-4,7-8,13H,5-6,9-12H2,1H3;2*1-2H3. The van der Waals surface area contributed by atoms with E-state index in [-0.39, 0.29) is 0 Å². The van der Waals surface area contributed by atoms with E-state index in [0.717, 1.165) is 99.4 Å². The molecule has 2 aromatic heterocycles. The van der Waals surface area contributed by atoms with Crippen molar-refractivity contribution in [2.45, 2.75) is 86.7 Å². The zero-order chi connectivity index (χ0) is 32.1. The molecule has 0 aliphatic carbocycles. The van der Waals surface area contributed by atoms with Gasteiger partial charge < -0.3 is 28.0 Å². The molecule has 0 spiro atoms. The highest BCUT2D eigenvalue weighted by Gasteiger charge is 2.01. The number of hydrogen-bond acceptors (Lipinski definition) is 8. The second kappa shape index (κ2) is 27.0. The van der Waals surface area contributed by atoms with Gasteiger partial charge in [0.15, 0.2) is 0 Å². The van der Waals surface area contributed by atoms with Crippen molar-refractivity contribution < 1.29 is 28.0 Å². The molecule has 0 bridgehead atoms. The number of hydrogen-bond donors (Lipinski definition) is 0. The van der Waals surface area contributed by atoms with Gasteiger partial charge in [0, 0.05) is 31.8 Å². The fourth-order valence-corrected chi connectivity index (χ4v) is 3.68. The maximum absolute atomic E-state index is 5.62. The second-order valence-electron chi connectivity index (χ2n) is 9.36. The van der Waals surface area contributed by atoms with Crippen LogP contribution in [0.15, 0.2) is 81.8 Å². The molecule has 0 saturated heterocycles. The Balaban J connectivity index is 0.000000395. The molecule has 0 aliphatic rings. The molecule has 0 saturated carbocycles. The van der Waals surface area contributed by atoms with Gasteiger partial charge in [-0.25, -0.2) is 0 Å². The third-order valence-corrected chi connectivity index (χ3v) is 5.75. The molecule has 4 rings (SSSR count). The first-order valence-corrected chi connectivity index (χ1v) is 16.0. The lowest BCUT2D eigenvalue weighted by atomic mass is 10.2. The minimum absolute atomic E-state index is 0.526. The summed E-state index contributed by atoms with van der Waals surface area (Å²) in [6, 6.07) is 23.6. The van der Waals surface area contributed by atoms with Crippen molar-refractivity contribution >= 4 is 0 Å². The number of ether oxygens (including phenoxy) is 4. The van der Waals surface area contributed by atoms with E-state index in [2.05, 4.69) is 10.3 Å². The lowest BCUT2D eigenvalue weighted by molar-refractivity contribution is 0.111. The Morgan fingerprint density at radius 1 is 0.523 bits per heavy atom. The normalized spacial score (nSPS) is 9.95. The van der Waals surface area contributed by atoms with Gasteiger partial charge in [-0.15, -0.1) is 0 Å². The molecule has 0 fully saturated rings. The molecule has 0 atom stereocenters. The van der Waals surface area contributed by atoms with Crippen LogP contribution in [0.5, 0.6) is 11.5 Å². The Morgan fingerprint density at radius 3 is 1.50 bits per heavy atom. The fourth-order valence-electron chi connectivity index (χ4n) is 3.68. The van der Waals surface area contributed by atoms with E-state index < -0.39 is 0 Å².